The van der Waals surface area contributed by atoms with Gasteiger partial charge in [0.1, 0.15) is 5.60 Å². The molecule has 202 valence electrons. The van der Waals surface area contributed by atoms with Crippen molar-refractivity contribution in [2.45, 2.75) is 58.4 Å². The highest BCUT2D eigenvalue weighted by molar-refractivity contribution is 5.77. The molecule has 0 saturated carbocycles. The maximum atomic E-state index is 13.6. The quantitative estimate of drug-likeness (QED) is 0.356. The van der Waals surface area contributed by atoms with Gasteiger partial charge in [-0.2, -0.15) is 13.2 Å². The summed E-state index contributed by atoms with van der Waals surface area (Å²) in [6, 6.07) is 13.9. The third kappa shape index (κ3) is 8.75. The second kappa shape index (κ2) is 11.9. The number of nitrogens with zero attached hydrogens (tertiary/aromatic N) is 2. The van der Waals surface area contributed by atoms with E-state index in [4.69, 9.17) is 10.5 Å². The number of primary amides is 1. The molecule has 2 amide bonds. The lowest BCUT2D eigenvalue weighted by molar-refractivity contribution is -0.138. The zero-order valence-corrected chi connectivity index (χ0v) is 21.4. The predicted molar refractivity (Wildman–Crippen MR) is 137 cm³/mol. The Morgan fingerprint density at radius 3 is 2.24 bits per heavy atom. The molecular weight excluding hydrogens is 499 g/mol. The number of halogens is 3. The van der Waals surface area contributed by atoms with Crippen molar-refractivity contribution in [1.29, 1.82) is 0 Å². The first-order valence-corrected chi connectivity index (χ1v) is 11.9. The number of carbonyl (C=O) groups is 2. The van der Waals surface area contributed by atoms with Gasteiger partial charge in [0.05, 0.1) is 17.7 Å². The maximum absolute atomic E-state index is 13.6. The number of rotatable bonds is 9. The number of hydrogen-bond acceptors (Lipinski definition) is 6. The van der Waals surface area contributed by atoms with E-state index in [9.17, 15) is 22.8 Å². The highest BCUT2D eigenvalue weighted by atomic mass is 19.4. The number of nitrogens with two attached hydrogens (primary N) is 1. The standard InChI is InChI=1S/C27H30F3N5O3/c1-26(2,3)38-25(37)33-15-17-8-11-20(12-9-17)34-24-32-16-21(27(28,29)30)22(35-24)13-10-18-6-4-5-7-19(18)14-23(31)36/h4-9,11-12,16H,10,13-15H2,1-3H3,(H2,31,36)(H,33,37)(H,32,34,35). The molecule has 0 unspecified atom stereocenters. The third-order valence-corrected chi connectivity index (χ3v) is 5.33. The monoisotopic (exact) mass is 529 g/mol. The Morgan fingerprint density at radius 2 is 1.63 bits per heavy atom. The van der Waals surface area contributed by atoms with E-state index in [0.717, 1.165) is 17.3 Å². The van der Waals surface area contributed by atoms with Crippen LogP contribution in [0.4, 0.5) is 29.6 Å². The topological polar surface area (TPSA) is 119 Å². The number of amides is 2. The van der Waals surface area contributed by atoms with Gasteiger partial charge in [0.25, 0.3) is 0 Å². The summed E-state index contributed by atoms with van der Waals surface area (Å²) in [6.07, 6.45) is -4.17. The van der Waals surface area contributed by atoms with Crippen LogP contribution in [0, 0.1) is 0 Å². The molecule has 11 heteroatoms. The summed E-state index contributed by atoms with van der Waals surface area (Å²) in [4.78, 5) is 31.2. The summed E-state index contributed by atoms with van der Waals surface area (Å²) < 4.78 is 46.1. The fourth-order valence-electron chi connectivity index (χ4n) is 3.64. The van der Waals surface area contributed by atoms with Gasteiger partial charge in [-0.3, -0.25) is 4.79 Å². The molecule has 0 saturated heterocycles. The zero-order valence-electron chi connectivity index (χ0n) is 21.4. The summed E-state index contributed by atoms with van der Waals surface area (Å²) in [5.74, 6) is -0.508. The molecule has 3 rings (SSSR count). The summed E-state index contributed by atoms with van der Waals surface area (Å²) in [5.41, 5.74) is 6.36. The van der Waals surface area contributed by atoms with Crippen LogP contribution < -0.4 is 16.4 Å². The molecule has 4 N–H and O–H groups in total. The first-order chi connectivity index (χ1) is 17.8. The Kier molecular flexibility index (Phi) is 8.92. The number of hydrogen-bond donors (Lipinski definition) is 3. The van der Waals surface area contributed by atoms with Gasteiger partial charge < -0.3 is 21.1 Å². The van der Waals surface area contributed by atoms with Crippen molar-refractivity contribution in [1.82, 2.24) is 15.3 Å². The van der Waals surface area contributed by atoms with E-state index in [1.165, 1.54) is 0 Å². The van der Waals surface area contributed by atoms with E-state index in [1.807, 2.05) is 0 Å². The van der Waals surface area contributed by atoms with E-state index in [-0.39, 0.29) is 37.4 Å². The van der Waals surface area contributed by atoms with Gasteiger partial charge in [0.15, 0.2) is 0 Å². The minimum Gasteiger partial charge on any atom is -0.444 e. The Bertz CT molecular complexity index is 1270. The number of aromatic nitrogens is 2. The molecule has 0 spiro atoms. The van der Waals surface area contributed by atoms with Crippen molar-refractivity contribution < 1.29 is 27.5 Å². The first kappa shape index (κ1) is 28.4. The Balaban J connectivity index is 1.71. The Hall–Kier alpha value is -4.15. The second-order valence-electron chi connectivity index (χ2n) is 9.64. The second-order valence-corrected chi connectivity index (χ2v) is 9.64. The van der Waals surface area contributed by atoms with Gasteiger partial charge in [0.2, 0.25) is 11.9 Å². The van der Waals surface area contributed by atoms with Gasteiger partial charge in [0, 0.05) is 18.4 Å². The van der Waals surface area contributed by atoms with E-state index in [2.05, 4.69) is 20.6 Å². The van der Waals surface area contributed by atoms with Crippen LogP contribution in [0.3, 0.4) is 0 Å². The van der Waals surface area contributed by atoms with Gasteiger partial charge in [-0.25, -0.2) is 14.8 Å². The number of nitrogens with one attached hydrogen (secondary N) is 2. The SMILES string of the molecule is CC(C)(C)OC(=O)NCc1ccc(Nc2ncc(C(F)(F)F)c(CCc3ccccc3CC(N)=O)n2)cc1. The molecule has 0 aliphatic carbocycles. The van der Waals surface area contributed by atoms with Gasteiger partial charge in [-0.1, -0.05) is 36.4 Å². The Labute approximate surface area is 218 Å². The maximum Gasteiger partial charge on any atom is 0.419 e. The molecule has 8 nitrogen and oxygen atoms in total. The minimum atomic E-state index is -4.62. The summed E-state index contributed by atoms with van der Waals surface area (Å²) in [7, 11) is 0. The first-order valence-electron chi connectivity index (χ1n) is 11.9. The third-order valence-electron chi connectivity index (χ3n) is 5.33. The summed E-state index contributed by atoms with van der Waals surface area (Å²) in [5, 5.41) is 5.57. The molecule has 2 aromatic carbocycles. The molecule has 0 atom stereocenters. The number of aryl methyl sites for hydroxylation is 2. The Morgan fingerprint density at radius 1 is 0.974 bits per heavy atom. The number of benzene rings is 2. The van der Waals surface area contributed by atoms with Gasteiger partial charge in [-0.15, -0.1) is 0 Å². The molecule has 0 aliphatic rings. The molecular formula is C27H30F3N5O3. The fraction of sp³-hybridized carbons (Fsp3) is 0.333. The molecule has 3 aromatic rings. The van der Waals surface area contributed by atoms with E-state index in [1.54, 1.807) is 69.3 Å². The van der Waals surface area contributed by atoms with E-state index < -0.39 is 29.3 Å². The molecule has 1 heterocycles. The molecule has 38 heavy (non-hydrogen) atoms. The van der Waals surface area contributed by atoms with Crippen LogP contribution in [-0.4, -0.2) is 27.6 Å². The normalized spacial score (nSPS) is 11.6. The largest absolute Gasteiger partial charge is 0.444 e. The van der Waals surface area contributed by atoms with E-state index >= 15 is 0 Å². The van der Waals surface area contributed by atoms with Crippen LogP contribution in [0.25, 0.3) is 0 Å². The van der Waals surface area contributed by atoms with Crippen molar-refractivity contribution in [2.75, 3.05) is 5.32 Å². The van der Waals surface area contributed by atoms with Gasteiger partial charge in [-0.05, 0) is 62.4 Å². The van der Waals surface area contributed by atoms with Crippen LogP contribution in [0.15, 0.2) is 54.7 Å². The fourth-order valence-corrected chi connectivity index (χ4v) is 3.64. The minimum absolute atomic E-state index is 0.00215. The van der Waals surface area contributed by atoms with E-state index in [0.29, 0.717) is 11.3 Å². The van der Waals surface area contributed by atoms with Crippen molar-refractivity contribution >= 4 is 23.6 Å². The average molecular weight is 530 g/mol. The zero-order chi connectivity index (χ0) is 27.9. The van der Waals surface area contributed by atoms with Crippen molar-refractivity contribution in [3.63, 3.8) is 0 Å². The van der Waals surface area contributed by atoms with Gasteiger partial charge >= 0.3 is 12.3 Å². The number of alkyl halides is 3. The van der Waals surface area contributed by atoms with Crippen molar-refractivity contribution in [3.05, 3.63) is 82.7 Å². The molecule has 0 aliphatic heterocycles. The number of carbonyl (C=O) groups excluding carboxylic acids is 2. The molecule has 0 bridgehead atoms. The molecule has 1 aromatic heterocycles. The molecule has 0 fully saturated rings. The number of alkyl carbamates (subject to hydrolysis) is 1. The lowest BCUT2D eigenvalue weighted by atomic mass is 9.98. The van der Waals surface area contributed by atoms with Crippen molar-refractivity contribution in [3.8, 4) is 0 Å². The number of ether oxygens (including phenoxy) is 1. The van der Waals surface area contributed by atoms with Crippen LogP contribution in [0.5, 0.6) is 0 Å². The van der Waals surface area contributed by atoms with Crippen LogP contribution in [0.2, 0.25) is 0 Å². The smallest absolute Gasteiger partial charge is 0.419 e. The predicted octanol–water partition coefficient (Wildman–Crippen LogP) is 5.08. The van der Waals surface area contributed by atoms with Crippen LogP contribution in [-0.2, 0) is 41.5 Å². The average Bonchev–Trinajstić information content (AvgIpc) is 2.81. The van der Waals surface area contributed by atoms with Crippen LogP contribution >= 0.6 is 0 Å². The lowest BCUT2D eigenvalue weighted by Crippen LogP contribution is -2.32. The number of anilines is 2. The highest BCUT2D eigenvalue weighted by Crippen LogP contribution is 2.32. The summed E-state index contributed by atoms with van der Waals surface area (Å²) in [6.45, 7) is 5.55. The molecule has 0 radical (unpaired) electrons. The summed E-state index contributed by atoms with van der Waals surface area (Å²) >= 11 is 0. The van der Waals surface area contributed by atoms with Crippen LogP contribution in [0.1, 0.15) is 48.7 Å². The van der Waals surface area contributed by atoms with Crippen molar-refractivity contribution in [2.24, 2.45) is 5.73 Å². The lowest BCUT2D eigenvalue weighted by Gasteiger charge is -2.19. The highest BCUT2D eigenvalue weighted by Gasteiger charge is 2.35.